The summed E-state index contributed by atoms with van der Waals surface area (Å²) < 4.78 is 0.868. The number of hydrogen-bond acceptors (Lipinski definition) is 6. The number of aliphatic hydroxyl groups is 2. The highest BCUT2D eigenvalue weighted by Gasteiger charge is 2.55. The highest BCUT2D eigenvalue weighted by atomic mass is 79.9. The van der Waals surface area contributed by atoms with Crippen molar-refractivity contribution in [3.63, 3.8) is 0 Å². The number of hydrogen-bond donors (Lipinski definition) is 4. The fourth-order valence-electron chi connectivity index (χ4n) is 6.86. The molecular formula is C37H41BrN2O5. The maximum absolute atomic E-state index is 13.9. The Morgan fingerprint density at radius 2 is 1.71 bits per heavy atom. The highest BCUT2D eigenvalue weighted by molar-refractivity contribution is 9.10. The number of nitrogens with zero attached hydrogens (tertiary/aromatic N) is 1. The van der Waals surface area contributed by atoms with E-state index in [-0.39, 0.29) is 24.2 Å². The lowest BCUT2D eigenvalue weighted by molar-refractivity contribution is -0.123. The predicted molar refractivity (Wildman–Crippen MR) is 182 cm³/mol. The molecule has 236 valence electrons. The van der Waals surface area contributed by atoms with Crippen LogP contribution in [0.5, 0.6) is 5.75 Å². The summed E-state index contributed by atoms with van der Waals surface area (Å²) in [6.07, 6.45) is 4.86. The number of para-hydroxylation sites is 1. The lowest BCUT2D eigenvalue weighted by Gasteiger charge is -2.36. The zero-order valence-electron chi connectivity index (χ0n) is 25.7. The van der Waals surface area contributed by atoms with E-state index in [0.717, 1.165) is 39.8 Å². The van der Waals surface area contributed by atoms with Crippen LogP contribution in [0.25, 0.3) is 6.08 Å². The van der Waals surface area contributed by atoms with Crippen molar-refractivity contribution in [2.24, 2.45) is 17.8 Å². The van der Waals surface area contributed by atoms with Crippen LogP contribution in [0.4, 0.5) is 17.1 Å². The number of phenolic OH excluding ortho intramolecular Hbond substituents is 1. The first kappa shape index (κ1) is 32.7. The molecule has 45 heavy (non-hydrogen) atoms. The summed E-state index contributed by atoms with van der Waals surface area (Å²) in [7, 11) is 0. The number of nitrogens with one attached hydrogen (secondary N) is 1. The van der Waals surface area contributed by atoms with Gasteiger partial charge in [0.2, 0.25) is 11.8 Å². The van der Waals surface area contributed by atoms with Crippen LogP contribution in [0.1, 0.15) is 57.9 Å². The summed E-state index contributed by atoms with van der Waals surface area (Å²) in [6, 6.07) is 22.3. The molecule has 3 aromatic rings. The molecule has 0 aromatic heterocycles. The molecule has 0 radical (unpaired) electrons. The molecule has 1 aliphatic heterocycles. The summed E-state index contributed by atoms with van der Waals surface area (Å²) in [5.41, 5.74) is 5.72. The van der Waals surface area contributed by atoms with Crippen molar-refractivity contribution >= 4 is 50.9 Å². The van der Waals surface area contributed by atoms with Crippen molar-refractivity contribution in [3.8, 4) is 5.75 Å². The first-order valence-corrected chi connectivity index (χ1v) is 16.5. The number of aliphatic hydroxyl groups excluding tert-OH is 2. The van der Waals surface area contributed by atoms with Crippen LogP contribution >= 0.6 is 15.9 Å². The Bertz CT molecular complexity index is 1580. The molecular weight excluding hydrogens is 632 g/mol. The van der Waals surface area contributed by atoms with Crippen molar-refractivity contribution in [2.45, 2.75) is 58.5 Å². The monoisotopic (exact) mass is 672 g/mol. The molecule has 4 atom stereocenters. The van der Waals surface area contributed by atoms with Crippen LogP contribution in [-0.2, 0) is 9.59 Å². The minimum absolute atomic E-state index is 0.193. The minimum atomic E-state index is -0.866. The zero-order chi connectivity index (χ0) is 32.1. The van der Waals surface area contributed by atoms with Crippen LogP contribution in [-0.4, -0.2) is 39.8 Å². The normalized spacial score (nSPS) is 20.9. The molecule has 2 aliphatic rings. The van der Waals surface area contributed by atoms with Gasteiger partial charge in [0.15, 0.2) is 0 Å². The van der Waals surface area contributed by atoms with Gasteiger partial charge in [-0.05, 0) is 92.3 Å². The molecule has 8 heteroatoms. The first-order chi connectivity index (χ1) is 21.7. The molecule has 1 heterocycles. The van der Waals surface area contributed by atoms with Gasteiger partial charge in [0.25, 0.3) is 0 Å². The summed E-state index contributed by atoms with van der Waals surface area (Å²) >= 11 is 3.47. The van der Waals surface area contributed by atoms with Crippen LogP contribution in [0.2, 0.25) is 0 Å². The van der Waals surface area contributed by atoms with Gasteiger partial charge in [0, 0.05) is 27.3 Å². The first-order valence-electron chi connectivity index (χ1n) is 15.7. The van der Waals surface area contributed by atoms with E-state index in [9.17, 15) is 24.9 Å². The zero-order valence-corrected chi connectivity index (χ0v) is 27.3. The van der Waals surface area contributed by atoms with Crippen LogP contribution in [0.3, 0.4) is 0 Å². The van der Waals surface area contributed by atoms with Gasteiger partial charge in [-0.2, -0.15) is 0 Å². The van der Waals surface area contributed by atoms with Crippen molar-refractivity contribution < 1.29 is 24.9 Å². The van der Waals surface area contributed by atoms with E-state index in [1.807, 2.05) is 61.5 Å². The Hall–Kier alpha value is -3.72. The maximum atomic E-state index is 13.9. The third-order valence-corrected chi connectivity index (χ3v) is 9.51. The van der Waals surface area contributed by atoms with Crippen molar-refractivity contribution in [1.82, 2.24) is 0 Å². The summed E-state index contributed by atoms with van der Waals surface area (Å²) in [4.78, 5) is 28.9. The fraction of sp³-hybridized carbons (Fsp3) is 0.351. The van der Waals surface area contributed by atoms with E-state index in [0.29, 0.717) is 42.5 Å². The standard InChI is InChI=1S/C37H41BrN2O5/c1-3-8-23(19-25-20-26(38)12-18-32(25)42)11-17-33(43)34-24(4-2)21-30-35(31(34)22-41)37(45)40(36(30)44)29-15-13-28(14-16-29)39-27-9-6-5-7-10-27/h5-7,9-10,12-16,18-20,30-31,33,35,39,41-43H,3-4,8,11,17,21-22H2,1-2H3/b23-19+/t30-,31+,33-,35-/m1/s1. The number of halogens is 1. The molecule has 5 rings (SSSR count). The predicted octanol–water partition coefficient (Wildman–Crippen LogP) is 7.75. The fourth-order valence-corrected chi connectivity index (χ4v) is 7.24. The summed E-state index contributed by atoms with van der Waals surface area (Å²) in [6.45, 7) is 3.76. The number of phenols is 1. The van der Waals surface area contributed by atoms with Gasteiger partial charge in [-0.25, -0.2) is 0 Å². The second kappa shape index (κ2) is 14.6. The third kappa shape index (κ3) is 7.08. The number of imide groups is 1. The number of carbonyl (C=O) groups excluding carboxylic acids is 2. The van der Waals surface area contributed by atoms with Gasteiger partial charge < -0.3 is 20.6 Å². The molecule has 1 saturated heterocycles. The average Bonchev–Trinajstić information content (AvgIpc) is 3.30. The van der Waals surface area contributed by atoms with E-state index >= 15 is 0 Å². The highest BCUT2D eigenvalue weighted by Crippen LogP contribution is 2.48. The van der Waals surface area contributed by atoms with E-state index in [4.69, 9.17) is 0 Å². The topological polar surface area (TPSA) is 110 Å². The molecule has 1 aliphatic carbocycles. The summed E-state index contributed by atoms with van der Waals surface area (Å²) in [5.74, 6) is -2.33. The van der Waals surface area contributed by atoms with Crippen molar-refractivity contribution in [2.75, 3.05) is 16.8 Å². The lowest BCUT2D eigenvalue weighted by atomic mass is 9.67. The Labute approximate surface area is 273 Å². The number of fused-ring (bicyclic) bond motifs is 1. The Morgan fingerprint density at radius 1 is 1.00 bits per heavy atom. The van der Waals surface area contributed by atoms with E-state index in [1.165, 1.54) is 4.90 Å². The number of carbonyl (C=O) groups is 2. The van der Waals surface area contributed by atoms with E-state index < -0.39 is 23.9 Å². The largest absolute Gasteiger partial charge is 0.507 e. The molecule has 2 amide bonds. The van der Waals surface area contributed by atoms with E-state index in [2.05, 4.69) is 28.2 Å². The third-order valence-electron chi connectivity index (χ3n) is 9.01. The quantitative estimate of drug-likeness (QED) is 0.116. The molecule has 0 saturated carbocycles. The molecule has 0 unspecified atom stereocenters. The molecule has 0 bridgehead atoms. The van der Waals surface area contributed by atoms with Crippen molar-refractivity contribution in [3.05, 3.63) is 99.6 Å². The van der Waals surface area contributed by atoms with Gasteiger partial charge in [0.05, 0.1) is 30.2 Å². The van der Waals surface area contributed by atoms with Gasteiger partial charge in [-0.1, -0.05) is 71.6 Å². The maximum Gasteiger partial charge on any atom is 0.238 e. The molecule has 0 spiro atoms. The van der Waals surface area contributed by atoms with Crippen LogP contribution in [0.15, 0.2) is 94.0 Å². The van der Waals surface area contributed by atoms with Crippen LogP contribution in [0, 0.1) is 17.8 Å². The molecule has 7 nitrogen and oxygen atoms in total. The Kier molecular flexibility index (Phi) is 10.6. The number of rotatable bonds is 12. The molecule has 1 fully saturated rings. The Morgan fingerprint density at radius 3 is 2.38 bits per heavy atom. The second-order valence-corrected chi connectivity index (χ2v) is 12.8. The van der Waals surface area contributed by atoms with Gasteiger partial charge >= 0.3 is 0 Å². The minimum Gasteiger partial charge on any atom is -0.507 e. The molecule has 4 N–H and O–H groups in total. The SMILES string of the molecule is CCC/C(=C\c1cc(Br)ccc1O)CC[C@@H](O)C1=C(CC)C[C@H]2C(=O)N(c3ccc(Nc4ccccc4)cc3)C(=O)[C@H]2[C@H]1CO. The number of allylic oxidation sites excluding steroid dienone is 2. The summed E-state index contributed by atoms with van der Waals surface area (Å²) in [5, 5.41) is 35.9. The van der Waals surface area contributed by atoms with Crippen molar-refractivity contribution in [1.29, 1.82) is 0 Å². The number of anilines is 3. The number of benzene rings is 3. The number of aromatic hydroxyl groups is 1. The van der Waals surface area contributed by atoms with Crippen LogP contribution < -0.4 is 10.2 Å². The lowest BCUT2D eigenvalue weighted by Crippen LogP contribution is -2.39. The average molecular weight is 674 g/mol. The number of amides is 2. The Balaban J connectivity index is 1.35. The smallest absolute Gasteiger partial charge is 0.238 e. The second-order valence-electron chi connectivity index (χ2n) is 11.9. The van der Waals surface area contributed by atoms with Gasteiger partial charge in [0.1, 0.15) is 5.75 Å². The molecule has 3 aromatic carbocycles. The van der Waals surface area contributed by atoms with Gasteiger partial charge in [-0.15, -0.1) is 0 Å². The van der Waals surface area contributed by atoms with E-state index in [1.54, 1.807) is 24.3 Å². The van der Waals surface area contributed by atoms with Gasteiger partial charge in [-0.3, -0.25) is 14.5 Å².